The number of aliphatic hydroxyl groups excluding tert-OH is 1. The quantitative estimate of drug-likeness (QED) is 0.610. The van der Waals surface area contributed by atoms with Crippen molar-refractivity contribution in [2.24, 2.45) is 47.3 Å². The Bertz CT molecular complexity index is 386. The van der Waals surface area contributed by atoms with Crippen molar-refractivity contribution in [3.8, 4) is 0 Å². The van der Waals surface area contributed by atoms with E-state index in [1.165, 1.54) is 0 Å². The Kier molecular flexibility index (Phi) is 0.819. The van der Waals surface area contributed by atoms with E-state index in [9.17, 15) is 5.11 Å². The summed E-state index contributed by atoms with van der Waals surface area (Å²) in [5.41, 5.74) is 0. The first-order chi connectivity index (χ1) is 7.36. The maximum atomic E-state index is 10.3. The molecule has 1 aliphatic heterocycles. The summed E-state index contributed by atoms with van der Waals surface area (Å²) < 4.78 is 12.0. The zero-order valence-corrected chi connectivity index (χ0v) is 8.37. The molecule has 1 spiro atoms. The van der Waals surface area contributed by atoms with Crippen LogP contribution in [0.1, 0.15) is 0 Å². The summed E-state index contributed by atoms with van der Waals surface area (Å²) in [4.78, 5) is 0. The number of rotatable bonds is 0. The average molecular weight is 206 g/mol. The molecule has 0 unspecified atom stereocenters. The molecule has 0 amide bonds. The lowest BCUT2D eigenvalue weighted by molar-refractivity contribution is -0.229. The second-order valence-corrected chi connectivity index (χ2v) is 6.42. The molecular formula is C12H14O3. The van der Waals surface area contributed by atoms with Gasteiger partial charge in [0.1, 0.15) is 0 Å². The highest BCUT2D eigenvalue weighted by molar-refractivity contribution is 5.39. The summed E-state index contributed by atoms with van der Waals surface area (Å²) in [5.74, 6) is 5.46. The Balaban J connectivity index is 1.63. The molecule has 1 heterocycles. The van der Waals surface area contributed by atoms with Crippen LogP contribution in [0.3, 0.4) is 0 Å². The van der Waals surface area contributed by atoms with E-state index in [0.29, 0.717) is 23.7 Å². The van der Waals surface area contributed by atoms with Crippen LogP contribution in [0.5, 0.6) is 0 Å². The lowest BCUT2D eigenvalue weighted by Gasteiger charge is -2.62. The topological polar surface area (TPSA) is 38.7 Å². The molecular weight excluding hydrogens is 192 g/mol. The van der Waals surface area contributed by atoms with Crippen LogP contribution in [0.4, 0.5) is 0 Å². The highest BCUT2D eigenvalue weighted by atomic mass is 16.7. The zero-order valence-electron chi connectivity index (χ0n) is 8.37. The van der Waals surface area contributed by atoms with Gasteiger partial charge in [-0.2, -0.15) is 0 Å². The second-order valence-electron chi connectivity index (χ2n) is 6.42. The van der Waals surface area contributed by atoms with Gasteiger partial charge in [0, 0.05) is 11.8 Å². The summed E-state index contributed by atoms with van der Waals surface area (Å²) in [5, 5.41) is 10.3. The standard InChI is InChI=1S/C12H14O3/c13-11-7-3-4-6(7)10-8(11)5(3)9(4)12(10)14-1-2-15-12/h3-11,13H,1-2H2/t3-,4+,5+,6-,7-,8-,9+,10+,11+/m0/s1. The van der Waals surface area contributed by atoms with Crippen molar-refractivity contribution in [2.45, 2.75) is 11.9 Å². The highest BCUT2D eigenvalue weighted by Crippen LogP contribution is 2.91. The first-order valence-electron chi connectivity index (χ1n) is 6.32. The van der Waals surface area contributed by atoms with Gasteiger partial charge in [-0.25, -0.2) is 0 Å². The molecule has 6 saturated carbocycles. The number of hydrogen-bond donors (Lipinski definition) is 1. The Labute approximate surface area is 87.7 Å². The Morgan fingerprint density at radius 3 is 2.07 bits per heavy atom. The molecule has 1 N–H and O–H groups in total. The van der Waals surface area contributed by atoms with Gasteiger partial charge < -0.3 is 14.6 Å². The average Bonchev–Trinajstić information content (AvgIpc) is 2.87. The first-order valence-corrected chi connectivity index (χ1v) is 6.32. The molecule has 3 heteroatoms. The maximum Gasteiger partial charge on any atom is 0.175 e. The Morgan fingerprint density at radius 2 is 1.40 bits per heavy atom. The van der Waals surface area contributed by atoms with Crippen LogP contribution in [-0.2, 0) is 9.47 Å². The van der Waals surface area contributed by atoms with Crippen molar-refractivity contribution in [3.05, 3.63) is 0 Å². The minimum atomic E-state index is -0.215. The summed E-state index contributed by atoms with van der Waals surface area (Å²) in [6, 6.07) is 0. The van der Waals surface area contributed by atoms with Crippen LogP contribution in [0.25, 0.3) is 0 Å². The molecule has 3 nitrogen and oxygen atoms in total. The number of aliphatic hydroxyl groups is 1. The van der Waals surface area contributed by atoms with Gasteiger partial charge >= 0.3 is 0 Å². The fourth-order valence-corrected chi connectivity index (χ4v) is 6.97. The second kappa shape index (κ2) is 1.69. The molecule has 0 aromatic rings. The van der Waals surface area contributed by atoms with E-state index in [4.69, 9.17) is 9.47 Å². The van der Waals surface area contributed by atoms with Gasteiger partial charge in [-0.1, -0.05) is 0 Å². The summed E-state index contributed by atoms with van der Waals surface area (Å²) in [6.07, 6.45) is -0.0107. The van der Waals surface area contributed by atoms with Crippen molar-refractivity contribution in [3.63, 3.8) is 0 Å². The van der Waals surface area contributed by atoms with Crippen molar-refractivity contribution >= 4 is 0 Å². The minimum Gasteiger partial charge on any atom is -0.393 e. The molecule has 7 fully saturated rings. The lowest BCUT2D eigenvalue weighted by atomic mass is 9.41. The van der Waals surface area contributed by atoms with E-state index >= 15 is 0 Å². The number of hydrogen-bond acceptors (Lipinski definition) is 3. The van der Waals surface area contributed by atoms with Crippen LogP contribution in [0.2, 0.25) is 0 Å². The predicted molar refractivity (Wildman–Crippen MR) is 48.6 cm³/mol. The van der Waals surface area contributed by atoms with Gasteiger partial charge in [-0.3, -0.25) is 0 Å². The van der Waals surface area contributed by atoms with Gasteiger partial charge in [-0.05, 0) is 35.5 Å². The van der Waals surface area contributed by atoms with Crippen molar-refractivity contribution in [1.29, 1.82) is 0 Å². The van der Waals surface area contributed by atoms with E-state index in [2.05, 4.69) is 0 Å². The van der Waals surface area contributed by atoms with Gasteiger partial charge in [-0.15, -0.1) is 0 Å². The summed E-state index contributed by atoms with van der Waals surface area (Å²) >= 11 is 0. The minimum absolute atomic E-state index is 0.0107. The highest BCUT2D eigenvalue weighted by Gasteiger charge is 2.94. The SMILES string of the molecule is O[C@@H]1[C@H]2[C@H]3[C@@H]4[C@@H]2[C@@H]2[C@@H]1[C@@H]3[C@@H]4C21OCCO1. The zero-order chi connectivity index (χ0) is 9.52. The summed E-state index contributed by atoms with van der Waals surface area (Å²) in [6.45, 7) is 1.55. The Hall–Kier alpha value is -0.120. The van der Waals surface area contributed by atoms with E-state index in [-0.39, 0.29) is 11.9 Å². The van der Waals surface area contributed by atoms with Crippen molar-refractivity contribution in [2.75, 3.05) is 13.2 Å². The largest absolute Gasteiger partial charge is 0.393 e. The lowest BCUT2D eigenvalue weighted by Crippen LogP contribution is -2.61. The van der Waals surface area contributed by atoms with Gasteiger partial charge in [0.15, 0.2) is 5.79 Å². The van der Waals surface area contributed by atoms with E-state index in [1.807, 2.05) is 0 Å². The summed E-state index contributed by atoms with van der Waals surface area (Å²) in [7, 11) is 0. The van der Waals surface area contributed by atoms with E-state index < -0.39 is 0 Å². The Morgan fingerprint density at radius 1 is 0.800 bits per heavy atom. The van der Waals surface area contributed by atoms with Crippen LogP contribution in [-0.4, -0.2) is 30.2 Å². The van der Waals surface area contributed by atoms with Gasteiger partial charge in [0.05, 0.1) is 19.3 Å². The third kappa shape index (κ3) is 0.413. The molecule has 7 rings (SSSR count). The molecule has 0 aromatic carbocycles. The third-order valence-electron chi connectivity index (χ3n) is 6.78. The molecule has 9 atom stereocenters. The van der Waals surface area contributed by atoms with Gasteiger partial charge in [0.2, 0.25) is 0 Å². The predicted octanol–water partition coefficient (Wildman–Crippen LogP) is 0.0880. The molecule has 4 bridgehead atoms. The maximum absolute atomic E-state index is 10.3. The normalized spacial score (nSPS) is 77.8. The smallest absolute Gasteiger partial charge is 0.175 e. The van der Waals surface area contributed by atoms with Crippen LogP contribution >= 0.6 is 0 Å². The van der Waals surface area contributed by atoms with E-state index in [1.54, 1.807) is 0 Å². The molecule has 1 saturated heterocycles. The fourth-order valence-electron chi connectivity index (χ4n) is 6.97. The molecule has 80 valence electrons. The van der Waals surface area contributed by atoms with Crippen LogP contribution < -0.4 is 0 Å². The molecule has 0 radical (unpaired) electrons. The number of ether oxygens (including phenoxy) is 2. The molecule has 0 aromatic heterocycles. The molecule has 6 aliphatic carbocycles. The fraction of sp³-hybridized carbons (Fsp3) is 1.00. The van der Waals surface area contributed by atoms with Crippen molar-refractivity contribution in [1.82, 2.24) is 0 Å². The first kappa shape index (κ1) is 7.25. The van der Waals surface area contributed by atoms with Crippen molar-refractivity contribution < 1.29 is 14.6 Å². The monoisotopic (exact) mass is 206 g/mol. The molecule has 7 aliphatic rings. The molecule has 15 heavy (non-hydrogen) atoms. The van der Waals surface area contributed by atoms with Crippen LogP contribution in [0.15, 0.2) is 0 Å². The van der Waals surface area contributed by atoms with Gasteiger partial charge in [0.25, 0.3) is 0 Å². The van der Waals surface area contributed by atoms with E-state index in [0.717, 1.165) is 36.9 Å². The van der Waals surface area contributed by atoms with Crippen LogP contribution in [0, 0.1) is 47.3 Å². The third-order valence-corrected chi connectivity index (χ3v) is 6.78.